The summed E-state index contributed by atoms with van der Waals surface area (Å²) in [6.07, 6.45) is 7.41. The zero-order valence-corrected chi connectivity index (χ0v) is 11.4. The minimum atomic E-state index is 0.944. The fourth-order valence-corrected chi connectivity index (χ4v) is 3.64. The summed E-state index contributed by atoms with van der Waals surface area (Å²) < 4.78 is 0. The largest absolute Gasteiger partial charge is 0.295 e. The molecule has 0 saturated carbocycles. The number of hydrogen-bond acceptors (Lipinski definition) is 4. The molecule has 0 aliphatic heterocycles. The van der Waals surface area contributed by atoms with Crippen LogP contribution in [0.1, 0.15) is 27.6 Å². The highest BCUT2D eigenvalue weighted by Crippen LogP contribution is 2.28. The SMILES string of the molecule is CN(Cc1ccncc1)Cc1nc2c(s1)CCC2. The van der Waals surface area contributed by atoms with Crippen molar-refractivity contribution in [2.75, 3.05) is 7.05 Å². The molecule has 0 aromatic carbocycles. The second-order valence-electron chi connectivity index (χ2n) is 4.86. The predicted octanol–water partition coefficient (Wildman–Crippen LogP) is 2.66. The Bertz CT molecular complexity index is 500. The van der Waals surface area contributed by atoms with E-state index < -0.39 is 0 Å². The number of hydrogen-bond donors (Lipinski definition) is 0. The van der Waals surface area contributed by atoms with E-state index in [1.54, 1.807) is 0 Å². The molecule has 0 radical (unpaired) electrons. The van der Waals surface area contributed by atoms with E-state index in [0.29, 0.717) is 0 Å². The number of pyridine rings is 1. The maximum Gasteiger partial charge on any atom is 0.107 e. The molecule has 94 valence electrons. The molecule has 2 aromatic heterocycles. The second-order valence-corrected chi connectivity index (χ2v) is 6.03. The van der Waals surface area contributed by atoms with Crippen molar-refractivity contribution in [1.82, 2.24) is 14.9 Å². The van der Waals surface area contributed by atoms with Gasteiger partial charge in [-0.2, -0.15) is 0 Å². The fraction of sp³-hybridized carbons (Fsp3) is 0.429. The van der Waals surface area contributed by atoms with Crippen molar-refractivity contribution in [2.45, 2.75) is 32.4 Å². The molecule has 0 fully saturated rings. The molecular formula is C14H17N3S. The Kier molecular flexibility index (Phi) is 3.39. The zero-order chi connectivity index (χ0) is 12.4. The molecule has 0 unspecified atom stereocenters. The summed E-state index contributed by atoms with van der Waals surface area (Å²) in [5.74, 6) is 0. The lowest BCUT2D eigenvalue weighted by Crippen LogP contribution is -2.17. The fourth-order valence-electron chi connectivity index (χ4n) is 2.40. The molecule has 0 N–H and O–H groups in total. The van der Waals surface area contributed by atoms with Crippen LogP contribution in [-0.4, -0.2) is 21.9 Å². The van der Waals surface area contributed by atoms with Gasteiger partial charge < -0.3 is 0 Å². The quantitative estimate of drug-likeness (QED) is 0.845. The van der Waals surface area contributed by atoms with Gasteiger partial charge in [0.25, 0.3) is 0 Å². The number of aryl methyl sites for hydroxylation is 2. The molecule has 0 spiro atoms. The molecule has 1 aliphatic carbocycles. The summed E-state index contributed by atoms with van der Waals surface area (Å²) in [6.45, 7) is 1.90. The van der Waals surface area contributed by atoms with E-state index >= 15 is 0 Å². The lowest BCUT2D eigenvalue weighted by atomic mass is 10.2. The van der Waals surface area contributed by atoms with Crippen molar-refractivity contribution in [3.05, 3.63) is 45.7 Å². The molecule has 18 heavy (non-hydrogen) atoms. The van der Waals surface area contributed by atoms with Crippen LogP contribution in [0.2, 0.25) is 0 Å². The average molecular weight is 259 g/mol. The lowest BCUT2D eigenvalue weighted by Gasteiger charge is -2.14. The van der Waals surface area contributed by atoms with Crippen LogP contribution >= 0.6 is 11.3 Å². The lowest BCUT2D eigenvalue weighted by molar-refractivity contribution is 0.318. The van der Waals surface area contributed by atoms with E-state index in [2.05, 4.69) is 29.1 Å². The maximum absolute atomic E-state index is 4.74. The number of nitrogens with zero attached hydrogens (tertiary/aromatic N) is 3. The van der Waals surface area contributed by atoms with Gasteiger partial charge in [0.2, 0.25) is 0 Å². The van der Waals surface area contributed by atoms with Gasteiger partial charge in [-0.25, -0.2) is 4.98 Å². The van der Waals surface area contributed by atoms with Crippen molar-refractivity contribution in [3.8, 4) is 0 Å². The topological polar surface area (TPSA) is 29.0 Å². The number of rotatable bonds is 4. The van der Waals surface area contributed by atoms with Crippen LogP contribution in [0.5, 0.6) is 0 Å². The number of aromatic nitrogens is 2. The van der Waals surface area contributed by atoms with E-state index in [1.807, 2.05) is 23.7 Å². The van der Waals surface area contributed by atoms with Gasteiger partial charge in [-0.15, -0.1) is 11.3 Å². The van der Waals surface area contributed by atoms with E-state index in [1.165, 1.54) is 40.4 Å². The summed E-state index contributed by atoms with van der Waals surface area (Å²) in [6, 6.07) is 4.14. The highest BCUT2D eigenvalue weighted by molar-refractivity contribution is 7.11. The summed E-state index contributed by atoms with van der Waals surface area (Å²) in [4.78, 5) is 12.6. The molecule has 2 heterocycles. The first kappa shape index (κ1) is 11.8. The highest BCUT2D eigenvalue weighted by atomic mass is 32.1. The Morgan fingerprint density at radius 2 is 2.06 bits per heavy atom. The first-order valence-corrected chi connectivity index (χ1v) is 7.18. The molecule has 0 bridgehead atoms. The summed E-state index contributed by atoms with van der Waals surface area (Å²) in [5, 5.41) is 1.26. The van der Waals surface area contributed by atoms with Gasteiger partial charge in [-0.05, 0) is 44.0 Å². The van der Waals surface area contributed by atoms with Crippen LogP contribution < -0.4 is 0 Å². The molecule has 3 nitrogen and oxygen atoms in total. The third-order valence-electron chi connectivity index (χ3n) is 3.25. The normalized spacial score (nSPS) is 14.1. The van der Waals surface area contributed by atoms with Crippen LogP contribution in [-0.2, 0) is 25.9 Å². The average Bonchev–Trinajstić information content (AvgIpc) is 2.90. The summed E-state index contributed by atoms with van der Waals surface area (Å²) >= 11 is 1.90. The first-order chi connectivity index (χ1) is 8.81. The van der Waals surface area contributed by atoms with Gasteiger partial charge >= 0.3 is 0 Å². The van der Waals surface area contributed by atoms with Crippen molar-refractivity contribution in [1.29, 1.82) is 0 Å². The summed E-state index contributed by atoms with van der Waals surface area (Å²) in [5.41, 5.74) is 2.66. The molecule has 0 amide bonds. The first-order valence-electron chi connectivity index (χ1n) is 6.36. The minimum absolute atomic E-state index is 0.944. The monoisotopic (exact) mass is 259 g/mol. The van der Waals surface area contributed by atoms with E-state index in [-0.39, 0.29) is 0 Å². The zero-order valence-electron chi connectivity index (χ0n) is 10.6. The third kappa shape index (κ3) is 2.60. The molecule has 3 rings (SSSR count). The van der Waals surface area contributed by atoms with Crippen LogP contribution in [0.15, 0.2) is 24.5 Å². The summed E-state index contributed by atoms with van der Waals surface area (Å²) in [7, 11) is 2.15. The van der Waals surface area contributed by atoms with Crippen LogP contribution in [0.25, 0.3) is 0 Å². The van der Waals surface area contributed by atoms with E-state index in [4.69, 9.17) is 4.98 Å². The molecule has 0 saturated heterocycles. The molecule has 1 aliphatic rings. The van der Waals surface area contributed by atoms with Gasteiger partial charge in [0, 0.05) is 23.8 Å². The smallest absolute Gasteiger partial charge is 0.107 e. The number of thiazole rings is 1. The predicted molar refractivity (Wildman–Crippen MR) is 73.5 cm³/mol. The third-order valence-corrected chi connectivity index (χ3v) is 4.39. The van der Waals surface area contributed by atoms with Crippen LogP contribution in [0, 0.1) is 0 Å². The maximum atomic E-state index is 4.74. The van der Waals surface area contributed by atoms with Crippen LogP contribution in [0.3, 0.4) is 0 Å². The van der Waals surface area contributed by atoms with E-state index in [0.717, 1.165) is 13.1 Å². The molecular weight excluding hydrogens is 242 g/mol. The van der Waals surface area contributed by atoms with E-state index in [9.17, 15) is 0 Å². The molecule has 4 heteroatoms. The molecule has 0 atom stereocenters. The number of fused-ring (bicyclic) bond motifs is 1. The standard InChI is InChI=1S/C14H17N3S/c1-17(9-11-5-7-15-8-6-11)10-14-16-12-3-2-4-13(12)18-14/h5-8H,2-4,9-10H2,1H3. The van der Waals surface area contributed by atoms with Crippen LogP contribution in [0.4, 0.5) is 0 Å². The van der Waals surface area contributed by atoms with Crippen molar-refractivity contribution < 1.29 is 0 Å². The van der Waals surface area contributed by atoms with Gasteiger partial charge in [0.1, 0.15) is 5.01 Å². The van der Waals surface area contributed by atoms with Gasteiger partial charge in [0.15, 0.2) is 0 Å². The Labute approximate surface area is 112 Å². The van der Waals surface area contributed by atoms with Crippen molar-refractivity contribution in [3.63, 3.8) is 0 Å². The van der Waals surface area contributed by atoms with Gasteiger partial charge in [0.05, 0.1) is 12.2 Å². The minimum Gasteiger partial charge on any atom is -0.295 e. The Hall–Kier alpha value is -1.26. The van der Waals surface area contributed by atoms with Gasteiger partial charge in [-0.3, -0.25) is 9.88 Å². The van der Waals surface area contributed by atoms with Gasteiger partial charge in [-0.1, -0.05) is 0 Å². The highest BCUT2D eigenvalue weighted by Gasteiger charge is 2.17. The Balaban J connectivity index is 1.62. The van der Waals surface area contributed by atoms with Crippen molar-refractivity contribution in [2.24, 2.45) is 0 Å². The second kappa shape index (κ2) is 5.16. The Morgan fingerprint density at radius 1 is 1.22 bits per heavy atom. The van der Waals surface area contributed by atoms with Crippen molar-refractivity contribution >= 4 is 11.3 Å². The molecule has 2 aromatic rings. The Morgan fingerprint density at radius 3 is 2.83 bits per heavy atom.